The number of carbonyl (C=O) groups excluding carboxylic acids is 1. The summed E-state index contributed by atoms with van der Waals surface area (Å²) in [5, 5.41) is 0. The maximum absolute atomic E-state index is 13.9. The first kappa shape index (κ1) is 33.3. The molecule has 0 N–H and O–H groups in total. The minimum absolute atomic E-state index is 0.143. The second-order valence-electron chi connectivity index (χ2n) is 8.11. The number of ether oxygens (including phenoxy) is 6. The molecule has 8 nitrogen and oxygen atoms in total. The smallest absolute Gasteiger partial charge is 0.361 e. The van der Waals surface area contributed by atoms with Crippen LogP contribution in [0.1, 0.15) is 87.0 Å². The Morgan fingerprint density at radius 3 is 1.38 bits per heavy atom. The summed E-state index contributed by atoms with van der Waals surface area (Å²) in [6.07, 6.45) is 2.67. The van der Waals surface area contributed by atoms with Gasteiger partial charge in [0.2, 0.25) is 6.10 Å². The molecule has 200 valence electrons. The molecule has 0 saturated heterocycles. The fourth-order valence-electron chi connectivity index (χ4n) is 2.98. The molecule has 9 heteroatoms. The van der Waals surface area contributed by atoms with Crippen LogP contribution in [0.5, 0.6) is 0 Å². The Morgan fingerprint density at radius 1 is 0.706 bits per heavy atom. The Hall–Kier alpha value is -0.730. The van der Waals surface area contributed by atoms with Crippen molar-refractivity contribution >= 4 is 13.3 Å². The lowest BCUT2D eigenvalue weighted by Gasteiger charge is -2.42. The van der Waals surface area contributed by atoms with Crippen LogP contribution in [-0.4, -0.2) is 62.8 Å². The van der Waals surface area contributed by atoms with Gasteiger partial charge in [-0.3, -0.25) is 0 Å². The normalized spacial score (nSPS) is 13.7. The second kappa shape index (κ2) is 18.5. The van der Waals surface area contributed by atoms with E-state index in [-0.39, 0.29) is 25.4 Å². The van der Waals surface area contributed by atoms with Gasteiger partial charge in [0, 0.05) is 12.2 Å². The van der Waals surface area contributed by atoms with E-state index in [0.717, 1.165) is 0 Å². The zero-order chi connectivity index (χ0) is 26.0. The first-order valence-electron chi connectivity index (χ1n) is 12.7. The minimum atomic E-state index is -2.82. The van der Waals surface area contributed by atoms with Crippen molar-refractivity contribution < 1.29 is 37.8 Å². The van der Waals surface area contributed by atoms with Gasteiger partial charge in [-0.1, -0.05) is 52.7 Å². The molecule has 0 radical (unpaired) electrons. The van der Waals surface area contributed by atoms with Gasteiger partial charge in [0.05, 0.1) is 33.0 Å². The highest BCUT2D eigenvalue weighted by Crippen LogP contribution is 2.51. The molecule has 0 aliphatic heterocycles. The summed E-state index contributed by atoms with van der Waals surface area (Å²) in [7, 11) is -2.82. The first-order chi connectivity index (χ1) is 16.3. The molecule has 0 fully saturated rings. The van der Waals surface area contributed by atoms with Crippen LogP contribution in [0.4, 0.5) is 0 Å². The predicted octanol–water partition coefficient (Wildman–Crippen LogP) is 6.15. The van der Waals surface area contributed by atoms with Crippen molar-refractivity contribution in [2.45, 2.75) is 105 Å². The van der Waals surface area contributed by atoms with E-state index < -0.39 is 30.9 Å². The average molecular weight is 508 g/mol. The van der Waals surface area contributed by atoms with Crippen molar-refractivity contribution in [1.82, 2.24) is 0 Å². The molecule has 0 aromatic carbocycles. The van der Waals surface area contributed by atoms with Crippen molar-refractivity contribution in [3.63, 3.8) is 0 Å². The molecular weight excluding hydrogens is 459 g/mol. The van der Waals surface area contributed by atoms with Crippen LogP contribution in [0.15, 0.2) is 12.2 Å². The van der Waals surface area contributed by atoms with Crippen molar-refractivity contribution in [3.05, 3.63) is 12.2 Å². The monoisotopic (exact) mass is 507 g/mol. The van der Waals surface area contributed by atoms with Gasteiger partial charge in [-0.15, -0.1) is 0 Å². The molecule has 34 heavy (non-hydrogen) atoms. The predicted molar refractivity (Wildman–Crippen MR) is 134 cm³/mol. The summed E-state index contributed by atoms with van der Waals surface area (Å²) in [4.78, 5) is 13.0. The Morgan fingerprint density at radius 2 is 1.06 bits per heavy atom. The summed E-state index contributed by atoms with van der Waals surface area (Å²) < 4.78 is 51.2. The Balaban J connectivity index is 7.08. The minimum Gasteiger partial charge on any atom is -0.361 e. The number of carbonyl (C=O) groups is 1. The SMILES string of the molecule is C=C(C)C(=O)[P+](=O)C(OCCC)(OCCC)C(OCCC)C(OCCC)(OCCC)OCCC. The van der Waals surface area contributed by atoms with Crippen molar-refractivity contribution in [1.29, 1.82) is 0 Å². The summed E-state index contributed by atoms with van der Waals surface area (Å²) in [5.41, 5.74) is -2.49. The van der Waals surface area contributed by atoms with Crippen LogP contribution in [0.3, 0.4) is 0 Å². The van der Waals surface area contributed by atoms with Gasteiger partial charge in [0.15, 0.2) is 0 Å². The van der Waals surface area contributed by atoms with Crippen molar-refractivity contribution in [2.24, 2.45) is 0 Å². The van der Waals surface area contributed by atoms with Gasteiger partial charge in [-0.2, -0.15) is 0 Å². The van der Waals surface area contributed by atoms with Gasteiger partial charge in [-0.25, -0.2) is 4.79 Å². The quantitative estimate of drug-likeness (QED) is 0.0924. The molecule has 0 amide bonds. The maximum Gasteiger partial charge on any atom is 0.489 e. The van der Waals surface area contributed by atoms with Crippen LogP contribution in [0.25, 0.3) is 0 Å². The van der Waals surface area contributed by atoms with Crippen molar-refractivity contribution in [3.8, 4) is 0 Å². The largest absolute Gasteiger partial charge is 0.489 e. The van der Waals surface area contributed by atoms with E-state index in [1.807, 2.05) is 41.5 Å². The third-order valence-corrected chi connectivity index (χ3v) is 6.33. The topological polar surface area (TPSA) is 89.5 Å². The molecular formula is C25H48O8P+. The van der Waals surface area contributed by atoms with E-state index in [4.69, 9.17) is 28.4 Å². The molecule has 0 aliphatic rings. The van der Waals surface area contributed by atoms with Gasteiger partial charge in [0.1, 0.15) is 0 Å². The number of allylic oxidation sites excluding steroid dienone is 1. The lowest BCUT2D eigenvalue weighted by molar-refractivity contribution is -0.447. The van der Waals surface area contributed by atoms with E-state index in [1.54, 1.807) is 0 Å². The third-order valence-electron chi connectivity index (χ3n) is 4.52. The summed E-state index contributed by atoms with van der Waals surface area (Å²) in [5.74, 6) is -1.78. The average Bonchev–Trinajstić information content (AvgIpc) is 2.84. The molecule has 0 aromatic rings. The zero-order valence-corrected chi connectivity index (χ0v) is 23.4. The molecule has 0 saturated carbocycles. The molecule has 0 aromatic heterocycles. The third kappa shape index (κ3) is 9.73. The number of rotatable bonds is 23. The van der Waals surface area contributed by atoms with Gasteiger partial charge >= 0.3 is 24.8 Å². The second-order valence-corrected chi connectivity index (χ2v) is 9.73. The fourth-order valence-corrected chi connectivity index (χ4v) is 4.47. The summed E-state index contributed by atoms with van der Waals surface area (Å²) in [6.45, 7) is 18.4. The van der Waals surface area contributed by atoms with E-state index in [1.165, 1.54) is 6.92 Å². The standard InChI is InChI=1S/C25H48O8P/c1-9-15-28-23(24(29-16-10-2,30-17-11-3)31-18-12-4)25(32-19-13-5,33-20-14-6)34(27)22(26)21(7)8/h23H,7,9-20H2,1-6,8H3/q+1. The lowest BCUT2D eigenvalue weighted by atomic mass is 10.2. The molecule has 0 aliphatic carbocycles. The summed E-state index contributed by atoms with van der Waals surface area (Å²) in [6, 6.07) is 0. The number of hydrogen-bond donors (Lipinski definition) is 0. The van der Waals surface area contributed by atoms with Crippen LogP contribution in [-0.2, 0) is 37.8 Å². The Bertz CT molecular complexity index is 566. The van der Waals surface area contributed by atoms with Gasteiger partial charge in [-0.05, 0) is 45.4 Å². The van der Waals surface area contributed by atoms with E-state index in [0.29, 0.717) is 58.3 Å². The molecule has 2 atom stereocenters. The Labute approximate surface area is 207 Å². The molecule has 0 spiro atoms. The summed E-state index contributed by atoms with van der Waals surface area (Å²) >= 11 is 0. The highest BCUT2D eigenvalue weighted by molar-refractivity contribution is 7.65. The van der Waals surface area contributed by atoms with Gasteiger partial charge < -0.3 is 28.4 Å². The van der Waals surface area contributed by atoms with Gasteiger partial charge in [0.25, 0.3) is 0 Å². The molecule has 0 heterocycles. The highest BCUT2D eigenvalue weighted by Gasteiger charge is 2.71. The van der Waals surface area contributed by atoms with E-state index >= 15 is 0 Å². The fraction of sp³-hybridized carbons (Fsp3) is 0.880. The molecule has 2 unspecified atom stereocenters. The lowest BCUT2D eigenvalue weighted by Crippen LogP contribution is -2.63. The first-order valence-corrected chi connectivity index (χ1v) is 14.0. The van der Waals surface area contributed by atoms with Crippen LogP contribution >= 0.6 is 7.80 Å². The van der Waals surface area contributed by atoms with E-state index in [9.17, 15) is 9.36 Å². The Kier molecular flexibility index (Phi) is 18.1. The highest BCUT2D eigenvalue weighted by atomic mass is 31.1. The van der Waals surface area contributed by atoms with Crippen LogP contribution in [0, 0.1) is 0 Å². The van der Waals surface area contributed by atoms with Crippen LogP contribution in [0.2, 0.25) is 0 Å². The number of hydrogen-bond acceptors (Lipinski definition) is 8. The van der Waals surface area contributed by atoms with Crippen molar-refractivity contribution in [2.75, 3.05) is 39.6 Å². The van der Waals surface area contributed by atoms with E-state index in [2.05, 4.69) is 6.58 Å². The molecule has 0 rings (SSSR count). The van der Waals surface area contributed by atoms with Crippen LogP contribution < -0.4 is 0 Å². The maximum atomic E-state index is 13.9. The zero-order valence-electron chi connectivity index (χ0n) is 22.5. The molecule has 0 bridgehead atoms.